The van der Waals surface area contributed by atoms with Gasteiger partial charge in [0.15, 0.2) is 0 Å². The maximum absolute atomic E-state index is 3.22. The Balaban J connectivity index is 0.000000250. The first kappa shape index (κ1) is 6.58. The summed E-state index contributed by atoms with van der Waals surface area (Å²) in [6.45, 7) is 2.50. The summed E-state index contributed by atoms with van der Waals surface area (Å²) in [5, 5.41) is 3.22. The number of hydrogen-bond acceptors (Lipinski definition) is 1. The number of rotatable bonds is 0. The van der Waals surface area contributed by atoms with E-state index in [1.54, 1.807) is 0 Å². The van der Waals surface area contributed by atoms with Gasteiger partial charge in [-0.05, 0) is 25.9 Å². The molecule has 1 aliphatic heterocycles. The van der Waals surface area contributed by atoms with E-state index in [0.717, 1.165) is 0 Å². The van der Waals surface area contributed by atoms with E-state index >= 15 is 0 Å². The molecule has 0 amide bonds. The molecule has 1 nitrogen and oxygen atoms in total. The molecular weight excluding hydrogens is 163 g/mol. The third-order valence-electron chi connectivity index (χ3n) is 0.957. The van der Waals surface area contributed by atoms with E-state index in [4.69, 9.17) is 0 Å². The Morgan fingerprint density at radius 3 is 1.67 bits per heavy atom. The molecular formula is C4H9NRu. The van der Waals surface area contributed by atoms with E-state index in [-0.39, 0.29) is 19.5 Å². The van der Waals surface area contributed by atoms with Crippen LogP contribution in [0.1, 0.15) is 12.8 Å². The first-order valence-corrected chi connectivity index (χ1v) is 2.21. The van der Waals surface area contributed by atoms with Gasteiger partial charge >= 0.3 is 0 Å². The van der Waals surface area contributed by atoms with Crippen LogP contribution in [0.5, 0.6) is 0 Å². The molecule has 0 atom stereocenters. The third-order valence-corrected chi connectivity index (χ3v) is 0.957. The molecule has 1 fully saturated rings. The standard InChI is InChI=1S/C4H9N.Ru/c1-2-4-5-3-1;/h5H,1-4H2;. The SMILES string of the molecule is C1CCNC1.[Ru]. The molecule has 38 valence electrons. The van der Waals surface area contributed by atoms with Crippen LogP contribution < -0.4 is 5.32 Å². The van der Waals surface area contributed by atoms with Crippen molar-refractivity contribution in [2.45, 2.75) is 12.8 Å². The van der Waals surface area contributed by atoms with E-state index in [1.165, 1.54) is 25.9 Å². The van der Waals surface area contributed by atoms with Crippen molar-refractivity contribution in [2.24, 2.45) is 0 Å². The van der Waals surface area contributed by atoms with Crippen molar-refractivity contribution in [1.82, 2.24) is 5.32 Å². The average molecular weight is 172 g/mol. The average Bonchev–Trinajstić information content (AvgIpc) is 1.76. The molecule has 0 saturated carbocycles. The van der Waals surface area contributed by atoms with Crippen LogP contribution >= 0.6 is 0 Å². The Morgan fingerprint density at radius 1 is 1.00 bits per heavy atom. The van der Waals surface area contributed by atoms with Gasteiger partial charge in [0.2, 0.25) is 0 Å². The molecule has 6 heavy (non-hydrogen) atoms. The molecule has 1 rings (SSSR count). The molecule has 0 radical (unpaired) electrons. The van der Waals surface area contributed by atoms with Gasteiger partial charge < -0.3 is 5.32 Å². The molecule has 1 aliphatic rings. The molecule has 1 saturated heterocycles. The fraction of sp³-hybridized carbons (Fsp3) is 1.00. The molecule has 2 heteroatoms. The third kappa shape index (κ3) is 1.89. The Morgan fingerprint density at radius 2 is 1.50 bits per heavy atom. The van der Waals surface area contributed by atoms with Gasteiger partial charge in [-0.3, -0.25) is 0 Å². The Kier molecular flexibility index (Phi) is 4.13. The molecule has 1 heterocycles. The minimum Gasteiger partial charge on any atom is -0.317 e. The van der Waals surface area contributed by atoms with Crippen molar-refractivity contribution in [3.63, 3.8) is 0 Å². The van der Waals surface area contributed by atoms with Crippen LogP contribution in [0.3, 0.4) is 0 Å². The van der Waals surface area contributed by atoms with E-state index in [9.17, 15) is 0 Å². The molecule has 0 spiro atoms. The van der Waals surface area contributed by atoms with Crippen LogP contribution in [0.2, 0.25) is 0 Å². The monoisotopic (exact) mass is 173 g/mol. The second-order valence-corrected chi connectivity index (χ2v) is 1.46. The quantitative estimate of drug-likeness (QED) is 0.520. The van der Waals surface area contributed by atoms with Gasteiger partial charge in [0.05, 0.1) is 0 Å². The number of nitrogens with one attached hydrogen (secondary N) is 1. The van der Waals surface area contributed by atoms with E-state index in [1.807, 2.05) is 0 Å². The van der Waals surface area contributed by atoms with Crippen molar-refractivity contribution in [3.8, 4) is 0 Å². The molecule has 0 aromatic heterocycles. The van der Waals surface area contributed by atoms with Crippen molar-refractivity contribution >= 4 is 0 Å². The van der Waals surface area contributed by atoms with Gasteiger partial charge in [-0.25, -0.2) is 0 Å². The van der Waals surface area contributed by atoms with Gasteiger partial charge in [0.25, 0.3) is 0 Å². The minimum absolute atomic E-state index is 0. The van der Waals surface area contributed by atoms with Crippen LogP contribution in [-0.4, -0.2) is 13.1 Å². The molecule has 0 aromatic carbocycles. The topological polar surface area (TPSA) is 12.0 Å². The van der Waals surface area contributed by atoms with Gasteiger partial charge in [-0.1, -0.05) is 0 Å². The Bertz CT molecular complexity index is 19.1. The maximum Gasteiger partial charge on any atom is 0 e. The predicted molar refractivity (Wildman–Crippen MR) is 22.1 cm³/mol. The maximum atomic E-state index is 3.22. The summed E-state index contributed by atoms with van der Waals surface area (Å²) in [7, 11) is 0. The normalized spacial score (nSPS) is 20.0. The Labute approximate surface area is 51.3 Å². The second kappa shape index (κ2) is 3.76. The van der Waals surface area contributed by atoms with Crippen molar-refractivity contribution in [3.05, 3.63) is 0 Å². The zero-order chi connectivity index (χ0) is 3.54. The largest absolute Gasteiger partial charge is 0.317 e. The fourth-order valence-corrected chi connectivity index (χ4v) is 0.625. The van der Waals surface area contributed by atoms with Gasteiger partial charge in [-0.15, -0.1) is 0 Å². The summed E-state index contributed by atoms with van der Waals surface area (Å²) in [6, 6.07) is 0. The zero-order valence-corrected chi connectivity index (χ0v) is 5.42. The van der Waals surface area contributed by atoms with Crippen LogP contribution in [0.4, 0.5) is 0 Å². The van der Waals surface area contributed by atoms with E-state index in [0.29, 0.717) is 0 Å². The van der Waals surface area contributed by atoms with Crippen molar-refractivity contribution < 1.29 is 19.5 Å². The summed E-state index contributed by atoms with van der Waals surface area (Å²) >= 11 is 0. The van der Waals surface area contributed by atoms with Gasteiger partial charge in [0.1, 0.15) is 0 Å². The smallest absolute Gasteiger partial charge is 0 e. The van der Waals surface area contributed by atoms with Crippen LogP contribution in [0, 0.1) is 0 Å². The predicted octanol–water partition coefficient (Wildman–Crippen LogP) is 0.367. The molecule has 1 N–H and O–H groups in total. The van der Waals surface area contributed by atoms with E-state index < -0.39 is 0 Å². The van der Waals surface area contributed by atoms with Crippen LogP contribution in [0.25, 0.3) is 0 Å². The van der Waals surface area contributed by atoms with Crippen LogP contribution in [0.15, 0.2) is 0 Å². The summed E-state index contributed by atoms with van der Waals surface area (Å²) in [5.74, 6) is 0. The first-order valence-electron chi connectivity index (χ1n) is 2.21. The summed E-state index contributed by atoms with van der Waals surface area (Å²) in [5.41, 5.74) is 0. The fourth-order valence-electron chi connectivity index (χ4n) is 0.625. The summed E-state index contributed by atoms with van der Waals surface area (Å²) in [4.78, 5) is 0. The molecule has 0 aromatic rings. The molecule has 0 aliphatic carbocycles. The first-order chi connectivity index (χ1) is 2.50. The van der Waals surface area contributed by atoms with Gasteiger partial charge in [0, 0.05) is 19.5 Å². The van der Waals surface area contributed by atoms with E-state index in [2.05, 4.69) is 5.32 Å². The molecule has 0 bridgehead atoms. The van der Waals surface area contributed by atoms with Crippen LogP contribution in [-0.2, 0) is 19.5 Å². The number of hydrogen-bond donors (Lipinski definition) is 1. The minimum atomic E-state index is 0. The molecule has 0 unspecified atom stereocenters. The van der Waals surface area contributed by atoms with Crippen molar-refractivity contribution in [2.75, 3.05) is 13.1 Å². The Hall–Kier alpha value is 0.583. The zero-order valence-electron chi connectivity index (χ0n) is 3.68. The van der Waals surface area contributed by atoms with Gasteiger partial charge in [-0.2, -0.15) is 0 Å². The summed E-state index contributed by atoms with van der Waals surface area (Å²) in [6.07, 6.45) is 2.78. The second-order valence-electron chi connectivity index (χ2n) is 1.46. The van der Waals surface area contributed by atoms with Crippen molar-refractivity contribution in [1.29, 1.82) is 0 Å². The summed E-state index contributed by atoms with van der Waals surface area (Å²) < 4.78 is 0.